The summed E-state index contributed by atoms with van der Waals surface area (Å²) in [6, 6.07) is 21.0. The number of anilines is 1. The largest absolute Gasteiger partial charge is 0.326 e. The number of aromatic nitrogens is 1. The Labute approximate surface area is 183 Å². The molecule has 0 radical (unpaired) electrons. The highest BCUT2D eigenvalue weighted by molar-refractivity contribution is 5.88. The van der Waals surface area contributed by atoms with E-state index in [1.807, 2.05) is 30.3 Å². The van der Waals surface area contributed by atoms with Gasteiger partial charge in [-0.25, -0.2) is 4.39 Å². The van der Waals surface area contributed by atoms with Crippen molar-refractivity contribution < 1.29 is 9.18 Å². The van der Waals surface area contributed by atoms with E-state index in [0.29, 0.717) is 12.3 Å². The van der Waals surface area contributed by atoms with Crippen molar-refractivity contribution in [3.8, 4) is 0 Å². The van der Waals surface area contributed by atoms with Crippen molar-refractivity contribution in [1.82, 2.24) is 9.88 Å². The summed E-state index contributed by atoms with van der Waals surface area (Å²) in [4.78, 5) is 18.6. The number of rotatable bonds is 6. The minimum atomic E-state index is -0.211. The lowest BCUT2D eigenvalue weighted by molar-refractivity contribution is -0.114. The Hall–Kier alpha value is -3.05. The molecule has 4 rings (SSSR count). The molecular weight excluding hydrogens is 389 g/mol. The highest BCUT2D eigenvalue weighted by Crippen LogP contribution is 2.27. The van der Waals surface area contributed by atoms with Crippen LogP contribution < -0.4 is 5.32 Å². The minimum absolute atomic E-state index is 0.0548. The van der Waals surface area contributed by atoms with Gasteiger partial charge in [0, 0.05) is 49.4 Å². The van der Waals surface area contributed by atoms with E-state index in [-0.39, 0.29) is 11.7 Å². The number of amides is 1. The normalized spacial score (nSPS) is 16.8. The van der Waals surface area contributed by atoms with Crippen molar-refractivity contribution in [2.45, 2.75) is 38.6 Å². The highest BCUT2D eigenvalue weighted by Gasteiger charge is 2.22. The van der Waals surface area contributed by atoms with E-state index in [1.165, 1.54) is 24.6 Å². The zero-order chi connectivity index (χ0) is 21.6. The zero-order valence-electron chi connectivity index (χ0n) is 17.9. The van der Waals surface area contributed by atoms with Gasteiger partial charge in [0.1, 0.15) is 5.82 Å². The summed E-state index contributed by atoms with van der Waals surface area (Å²) in [7, 11) is 0. The van der Waals surface area contributed by atoms with E-state index in [2.05, 4.69) is 34.5 Å². The van der Waals surface area contributed by atoms with Gasteiger partial charge in [0.25, 0.3) is 0 Å². The molecule has 1 atom stereocenters. The Morgan fingerprint density at radius 3 is 2.55 bits per heavy atom. The number of carbonyl (C=O) groups is 1. The monoisotopic (exact) mass is 417 g/mol. The molecule has 0 saturated carbocycles. The number of hydrogen-bond donors (Lipinski definition) is 1. The molecule has 1 aliphatic rings. The third-order valence-electron chi connectivity index (χ3n) is 5.73. The van der Waals surface area contributed by atoms with Crippen molar-refractivity contribution in [3.05, 3.63) is 95.1 Å². The molecule has 1 saturated heterocycles. The lowest BCUT2D eigenvalue weighted by Crippen LogP contribution is -2.34. The summed E-state index contributed by atoms with van der Waals surface area (Å²) in [6.07, 6.45) is 3.01. The molecule has 160 valence electrons. The minimum Gasteiger partial charge on any atom is -0.326 e. The van der Waals surface area contributed by atoms with Gasteiger partial charge in [-0.15, -0.1) is 0 Å². The second kappa shape index (κ2) is 9.84. The molecule has 2 aromatic carbocycles. The van der Waals surface area contributed by atoms with E-state index in [4.69, 9.17) is 4.98 Å². The summed E-state index contributed by atoms with van der Waals surface area (Å²) in [5, 5.41) is 2.81. The Balaban J connectivity index is 1.39. The van der Waals surface area contributed by atoms with E-state index < -0.39 is 0 Å². The third kappa shape index (κ3) is 5.98. The summed E-state index contributed by atoms with van der Waals surface area (Å²) in [5.74, 6) is 0.152. The Bertz CT molecular complexity index is 1020. The first kappa shape index (κ1) is 21.2. The van der Waals surface area contributed by atoms with Crippen molar-refractivity contribution in [3.63, 3.8) is 0 Å². The molecule has 1 fully saturated rings. The second-order valence-corrected chi connectivity index (χ2v) is 8.31. The smallest absolute Gasteiger partial charge is 0.221 e. The fourth-order valence-electron chi connectivity index (χ4n) is 4.23. The van der Waals surface area contributed by atoms with Crippen LogP contribution >= 0.6 is 0 Å². The van der Waals surface area contributed by atoms with Gasteiger partial charge in [-0.3, -0.25) is 14.7 Å². The maximum absolute atomic E-state index is 13.2. The number of nitrogens with one attached hydrogen (secondary N) is 1. The molecule has 5 heteroatoms. The van der Waals surface area contributed by atoms with Crippen LogP contribution in [0.1, 0.15) is 48.2 Å². The van der Waals surface area contributed by atoms with Crippen molar-refractivity contribution in [2.24, 2.45) is 0 Å². The third-order valence-corrected chi connectivity index (χ3v) is 5.73. The van der Waals surface area contributed by atoms with E-state index in [0.717, 1.165) is 55.1 Å². The van der Waals surface area contributed by atoms with Crippen LogP contribution in [0.5, 0.6) is 0 Å². The van der Waals surface area contributed by atoms with Crippen LogP contribution in [0.25, 0.3) is 0 Å². The van der Waals surface area contributed by atoms with Crippen LogP contribution in [0.3, 0.4) is 0 Å². The second-order valence-electron chi connectivity index (χ2n) is 8.31. The topological polar surface area (TPSA) is 45.2 Å². The fraction of sp³-hybridized carbons (Fsp3) is 0.308. The SMILES string of the molecule is CC(=O)Nc1ccc(CN2CCCC(c3cccc(Cc4ccc(F)cc4)n3)C2)cc1. The first-order valence-electron chi connectivity index (χ1n) is 10.8. The number of nitrogens with zero attached hydrogens (tertiary/aromatic N) is 2. The summed E-state index contributed by atoms with van der Waals surface area (Å²) >= 11 is 0. The van der Waals surface area contributed by atoms with Gasteiger partial charge in [0.2, 0.25) is 5.91 Å². The molecule has 1 aromatic heterocycles. The molecule has 1 unspecified atom stereocenters. The number of benzene rings is 2. The zero-order valence-corrected chi connectivity index (χ0v) is 17.9. The predicted octanol–water partition coefficient (Wildman–Crippen LogP) is 5.15. The first-order chi connectivity index (χ1) is 15.0. The maximum Gasteiger partial charge on any atom is 0.221 e. The van der Waals surface area contributed by atoms with Crippen LogP contribution in [-0.4, -0.2) is 28.9 Å². The number of hydrogen-bond acceptors (Lipinski definition) is 3. The van der Waals surface area contributed by atoms with Gasteiger partial charge in [-0.1, -0.05) is 30.3 Å². The summed E-state index contributed by atoms with van der Waals surface area (Å²) in [6.45, 7) is 4.48. The number of likely N-dealkylation sites (tertiary alicyclic amines) is 1. The average molecular weight is 418 g/mol. The summed E-state index contributed by atoms with van der Waals surface area (Å²) < 4.78 is 13.2. The Morgan fingerprint density at radius 1 is 1.06 bits per heavy atom. The Kier molecular flexibility index (Phi) is 6.73. The molecule has 1 N–H and O–H groups in total. The molecule has 1 aliphatic heterocycles. The van der Waals surface area contributed by atoms with Crippen LogP contribution in [0.4, 0.5) is 10.1 Å². The van der Waals surface area contributed by atoms with E-state index in [1.54, 1.807) is 0 Å². The quantitative estimate of drug-likeness (QED) is 0.603. The highest BCUT2D eigenvalue weighted by atomic mass is 19.1. The van der Waals surface area contributed by atoms with Crippen LogP contribution in [-0.2, 0) is 17.8 Å². The number of piperidine rings is 1. The molecule has 3 aromatic rings. The number of carbonyl (C=O) groups excluding carboxylic acids is 1. The van der Waals surface area contributed by atoms with Gasteiger partial charge in [0.15, 0.2) is 0 Å². The predicted molar refractivity (Wildman–Crippen MR) is 121 cm³/mol. The van der Waals surface area contributed by atoms with E-state index >= 15 is 0 Å². The number of pyridine rings is 1. The van der Waals surface area contributed by atoms with Crippen LogP contribution in [0, 0.1) is 5.82 Å². The molecular formula is C26H28FN3O. The van der Waals surface area contributed by atoms with Crippen molar-refractivity contribution in [1.29, 1.82) is 0 Å². The lowest BCUT2D eigenvalue weighted by Gasteiger charge is -2.32. The molecule has 1 amide bonds. The summed E-state index contributed by atoms with van der Waals surface area (Å²) in [5.41, 5.74) is 5.31. The van der Waals surface area contributed by atoms with Gasteiger partial charge >= 0.3 is 0 Å². The van der Waals surface area contributed by atoms with Gasteiger partial charge in [0.05, 0.1) is 0 Å². The Morgan fingerprint density at radius 2 is 1.81 bits per heavy atom. The molecule has 2 heterocycles. The van der Waals surface area contributed by atoms with Crippen molar-refractivity contribution >= 4 is 11.6 Å². The molecule has 0 bridgehead atoms. The first-order valence-corrected chi connectivity index (χ1v) is 10.8. The standard InChI is InChI=1S/C26H28FN3O/c1-19(31)28-24-13-9-21(10-14-24)17-30-15-3-4-22(18-30)26-6-2-5-25(29-26)16-20-7-11-23(27)12-8-20/h2,5-14,22H,3-4,15-18H2,1H3,(H,28,31). The van der Waals surface area contributed by atoms with Gasteiger partial charge in [-0.05, 0) is 66.9 Å². The molecule has 4 nitrogen and oxygen atoms in total. The lowest BCUT2D eigenvalue weighted by atomic mass is 9.93. The van der Waals surface area contributed by atoms with Gasteiger partial charge < -0.3 is 5.32 Å². The fourth-order valence-corrected chi connectivity index (χ4v) is 4.23. The molecule has 0 spiro atoms. The average Bonchev–Trinajstić information content (AvgIpc) is 2.77. The van der Waals surface area contributed by atoms with E-state index in [9.17, 15) is 9.18 Å². The number of halogens is 1. The molecule has 0 aliphatic carbocycles. The van der Waals surface area contributed by atoms with Gasteiger partial charge in [-0.2, -0.15) is 0 Å². The van der Waals surface area contributed by atoms with Crippen molar-refractivity contribution in [2.75, 3.05) is 18.4 Å². The van der Waals surface area contributed by atoms with Crippen LogP contribution in [0.2, 0.25) is 0 Å². The molecule has 31 heavy (non-hydrogen) atoms. The van der Waals surface area contributed by atoms with Crippen LogP contribution in [0.15, 0.2) is 66.7 Å². The maximum atomic E-state index is 13.2.